The predicted molar refractivity (Wildman–Crippen MR) is 68.3 cm³/mol. The number of carbonyl (C=O) groups excluding carboxylic acids is 3. The lowest BCUT2D eigenvalue weighted by molar-refractivity contribution is -0.131. The topological polar surface area (TPSA) is 75.7 Å². The third-order valence-corrected chi connectivity index (χ3v) is 2.37. The van der Waals surface area contributed by atoms with Crippen molar-refractivity contribution in [3.05, 3.63) is 35.4 Å². The van der Waals surface area contributed by atoms with Crippen LogP contribution in [0.4, 0.5) is 8.78 Å². The number of nitrogens with one attached hydrogen (secondary N) is 1. The van der Waals surface area contributed by atoms with E-state index in [4.69, 9.17) is 0 Å². The predicted octanol–water partition coefficient (Wildman–Crippen LogP) is 0.326. The summed E-state index contributed by atoms with van der Waals surface area (Å²) in [7, 11) is 3.04. The first-order valence-electron chi connectivity index (χ1n) is 5.89. The van der Waals surface area contributed by atoms with Crippen molar-refractivity contribution in [2.45, 2.75) is 0 Å². The van der Waals surface area contributed by atoms with Gasteiger partial charge in [0.1, 0.15) is 11.6 Å². The van der Waals surface area contributed by atoms with Gasteiger partial charge in [-0.05, 0) is 12.1 Å². The van der Waals surface area contributed by atoms with E-state index in [9.17, 15) is 23.2 Å². The Morgan fingerprint density at radius 2 is 1.71 bits per heavy atom. The Morgan fingerprint density at radius 3 is 2.24 bits per heavy atom. The van der Waals surface area contributed by atoms with E-state index in [1.807, 2.05) is 0 Å². The average Bonchev–Trinajstić information content (AvgIpc) is 2.40. The summed E-state index contributed by atoms with van der Waals surface area (Å²) in [6, 6.07) is 2.19. The van der Waals surface area contributed by atoms with E-state index < -0.39 is 30.1 Å². The van der Waals surface area contributed by atoms with E-state index in [1.165, 1.54) is 19.0 Å². The second-order valence-electron chi connectivity index (χ2n) is 4.30. The van der Waals surface area contributed by atoms with Crippen molar-refractivity contribution in [3.63, 3.8) is 0 Å². The standard InChI is InChI=1S/C13H14F2N2O4/c1-17(2)12(19)6-16-11(18)7-21-13(20)8-3-9(14)5-10(15)4-8/h3-5H,6-7H2,1-2H3,(H,16,18). The zero-order valence-electron chi connectivity index (χ0n) is 11.5. The van der Waals surface area contributed by atoms with Crippen molar-refractivity contribution in [1.82, 2.24) is 10.2 Å². The van der Waals surface area contributed by atoms with Gasteiger partial charge in [0.2, 0.25) is 5.91 Å². The summed E-state index contributed by atoms with van der Waals surface area (Å²) in [4.78, 5) is 35.3. The number of esters is 1. The third kappa shape index (κ3) is 5.55. The van der Waals surface area contributed by atoms with Crippen molar-refractivity contribution in [1.29, 1.82) is 0 Å². The lowest BCUT2D eigenvalue weighted by atomic mass is 10.2. The Labute approximate surface area is 119 Å². The van der Waals surface area contributed by atoms with Crippen LogP contribution >= 0.6 is 0 Å². The number of benzene rings is 1. The molecule has 0 radical (unpaired) electrons. The second kappa shape index (κ2) is 7.32. The molecule has 1 N–H and O–H groups in total. The number of nitrogens with zero attached hydrogens (tertiary/aromatic N) is 1. The molecule has 1 aromatic rings. The molecule has 2 amide bonds. The van der Waals surface area contributed by atoms with E-state index >= 15 is 0 Å². The summed E-state index contributed by atoms with van der Waals surface area (Å²) < 4.78 is 30.4. The highest BCUT2D eigenvalue weighted by Crippen LogP contribution is 2.09. The normalized spacial score (nSPS) is 9.90. The van der Waals surface area contributed by atoms with E-state index in [0.717, 1.165) is 12.1 Å². The summed E-state index contributed by atoms with van der Waals surface area (Å²) in [5.74, 6) is -3.93. The average molecular weight is 300 g/mol. The van der Waals surface area contributed by atoms with Crippen molar-refractivity contribution < 1.29 is 27.9 Å². The van der Waals surface area contributed by atoms with E-state index in [2.05, 4.69) is 10.1 Å². The number of halogens is 2. The molecular weight excluding hydrogens is 286 g/mol. The molecule has 0 saturated heterocycles. The number of likely N-dealkylation sites (N-methyl/N-ethyl adjacent to an activating group) is 1. The third-order valence-electron chi connectivity index (χ3n) is 2.37. The molecule has 0 aliphatic heterocycles. The van der Waals surface area contributed by atoms with Crippen LogP contribution in [0.1, 0.15) is 10.4 Å². The molecule has 0 fully saturated rings. The molecule has 8 heteroatoms. The van der Waals surface area contributed by atoms with Crippen LogP contribution in [-0.2, 0) is 14.3 Å². The summed E-state index contributed by atoms with van der Waals surface area (Å²) in [6.45, 7) is -0.893. The molecule has 6 nitrogen and oxygen atoms in total. The Balaban J connectivity index is 2.45. The van der Waals surface area contributed by atoms with Gasteiger partial charge in [-0.2, -0.15) is 0 Å². The van der Waals surface area contributed by atoms with Crippen LogP contribution in [0.3, 0.4) is 0 Å². The molecule has 0 aliphatic carbocycles. The van der Waals surface area contributed by atoms with Gasteiger partial charge < -0.3 is 15.0 Å². The first-order chi connectivity index (χ1) is 9.79. The van der Waals surface area contributed by atoms with Crippen LogP contribution < -0.4 is 5.32 Å². The summed E-state index contributed by atoms with van der Waals surface area (Å²) >= 11 is 0. The number of rotatable bonds is 5. The molecule has 0 aromatic heterocycles. The van der Waals surface area contributed by atoms with Crippen molar-refractivity contribution in [2.24, 2.45) is 0 Å². The Kier molecular flexibility index (Phi) is 5.77. The van der Waals surface area contributed by atoms with Gasteiger partial charge >= 0.3 is 5.97 Å². The molecule has 114 valence electrons. The molecule has 0 saturated carbocycles. The van der Waals surface area contributed by atoms with Crippen molar-refractivity contribution >= 4 is 17.8 Å². The van der Waals surface area contributed by atoms with Crippen LogP contribution in [0.2, 0.25) is 0 Å². The number of hydrogen-bond acceptors (Lipinski definition) is 4. The Bertz CT molecular complexity index is 541. The van der Waals surface area contributed by atoms with Gasteiger partial charge in [-0.15, -0.1) is 0 Å². The number of hydrogen-bond donors (Lipinski definition) is 1. The van der Waals surface area contributed by atoms with Crippen LogP contribution in [0.15, 0.2) is 18.2 Å². The fraction of sp³-hybridized carbons (Fsp3) is 0.308. The SMILES string of the molecule is CN(C)C(=O)CNC(=O)COC(=O)c1cc(F)cc(F)c1. The highest BCUT2D eigenvalue weighted by atomic mass is 19.1. The minimum Gasteiger partial charge on any atom is -0.452 e. The minimum atomic E-state index is -1.04. The zero-order chi connectivity index (χ0) is 16.0. The molecule has 0 atom stereocenters. The highest BCUT2D eigenvalue weighted by molar-refractivity contribution is 5.92. The first kappa shape index (κ1) is 16.5. The van der Waals surface area contributed by atoms with E-state index in [1.54, 1.807) is 0 Å². The molecule has 0 bridgehead atoms. The van der Waals surface area contributed by atoms with Gasteiger partial charge in [0.05, 0.1) is 12.1 Å². The molecule has 0 unspecified atom stereocenters. The fourth-order valence-electron chi connectivity index (χ4n) is 1.27. The number of amides is 2. The molecule has 0 aliphatic rings. The summed E-state index contributed by atoms with van der Waals surface area (Å²) in [6.07, 6.45) is 0. The minimum absolute atomic E-state index is 0.238. The Morgan fingerprint density at radius 1 is 1.14 bits per heavy atom. The van der Waals surface area contributed by atoms with Crippen LogP contribution in [0.25, 0.3) is 0 Å². The van der Waals surface area contributed by atoms with Gasteiger partial charge in [-0.3, -0.25) is 9.59 Å². The van der Waals surface area contributed by atoms with Crippen LogP contribution in [-0.4, -0.2) is 49.9 Å². The second-order valence-corrected chi connectivity index (χ2v) is 4.30. The maximum atomic E-state index is 12.9. The largest absolute Gasteiger partial charge is 0.452 e. The van der Waals surface area contributed by atoms with E-state index in [-0.39, 0.29) is 18.0 Å². The first-order valence-corrected chi connectivity index (χ1v) is 5.89. The molecule has 1 aromatic carbocycles. The van der Waals surface area contributed by atoms with Gasteiger partial charge in [0.15, 0.2) is 6.61 Å². The molecule has 0 heterocycles. The lowest BCUT2D eigenvalue weighted by Gasteiger charge is -2.11. The lowest BCUT2D eigenvalue weighted by Crippen LogP contribution is -2.38. The van der Waals surface area contributed by atoms with Gasteiger partial charge in [0.25, 0.3) is 5.91 Å². The maximum absolute atomic E-state index is 12.9. The highest BCUT2D eigenvalue weighted by Gasteiger charge is 2.13. The van der Waals surface area contributed by atoms with Gasteiger partial charge in [-0.1, -0.05) is 0 Å². The number of carbonyl (C=O) groups is 3. The Hall–Kier alpha value is -2.51. The van der Waals surface area contributed by atoms with Crippen LogP contribution in [0, 0.1) is 11.6 Å². The molecule has 21 heavy (non-hydrogen) atoms. The van der Waals surface area contributed by atoms with E-state index in [0.29, 0.717) is 6.07 Å². The van der Waals surface area contributed by atoms with Crippen molar-refractivity contribution in [2.75, 3.05) is 27.2 Å². The zero-order valence-corrected chi connectivity index (χ0v) is 11.5. The molecule has 0 spiro atoms. The fourth-order valence-corrected chi connectivity index (χ4v) is 1.27. The number of ether oxygens (including phenoxy) is 1. The summed E-state index contributed by atoms with van der Waals surface area (Å²) in [5.41, 5.74) is -0.343. The smallest absolute Gasteiger partial charge is 0.338 e. The van der Waals surface area contributed by atoms with Crippen LogP contribution in [0.5, 0.6) is 0 Å². The maximum Gasteiger partial charge on any atom is 0.338 e. The van der Waals surface area contributed by atoms with Gasteiger partial charge in [0, 0.05) is 20.2 Å². The monoisotopic (exact) mass is 300 g/mol. The molecule has 1 rings (SSSR count). The quantitative estimate of drug-likeness (QED) is 0.795. The van der Waals surface area contributed by atoms with Gasteiger partial charge in [-0.25, -0.2) is 13.6 Å². The van der Waals surface area contributed by atoms with Crippen molar-refractivity contribution in [3.8, 4) is 0 Å². The summed E-state index contributed by atoms with van der Waals surface area (Å²) in [5, 5.41) is 2.24. The molecular formula is C13H14F2N2O4.